The van der Waals surface area contributed by atoms with Gasteiger partial charge in [0.1, 0.15) is 0 Å². The molecule has 1 aromatic rings. The minimum atomic E-state index is -3.24. The highest BCUT2D eigenvalue weighted by atomic mass is 35.5. The molecule has 1 atom stereocenters. The van der Waals surface area contributed by atoms with Gasteiger partial charge in [-0.15, -0.1) is 0 Å². The van der Waals surface area contributed by atoms with Crippen molar-refractivity contribution >= 4 is 39.0 Å². The van der Waals surface area contributed by atoms with E-state index in [2.05, 4.69) is 15.6 Å². The Morgan fingerprint density at radius 3 is 2.54 bits per heavy atom. The molecule has 0 amide bonds. The molecule has 1 fully saturated rings. The number of sulfone groups is 1. The van der Waals surface area contributed by atoms with Gasteiger partial charge in [0, 0.05) is 43.1 Å². The zero-order chi connectivity index (χ0) is 19.4. The molecule has 1 aliphatic rings. The highest BCUT2D eigenvalue weighted by molar-refractivity contribution is 7.92. The van der Waals surface area contributed by atoms with Crippen LogP contribution in [0.4, 0.5) is 0 Å². The Hall–Kier alpha value is -1.02. The van der Waals surface area contributed by atoms with E-state index < -0.39 is 14.6 Å². The number of halogens is 2. The Balaban J connectivity index is 2.07. The first kappa shape index (κ1) is 21.3. The number of hydrogen-bond acceptors (Lipinski definition) is 4. The predicted molar refractivity (Wildman–Crippen MR) is 107 cm³/mol. The highest BCUT2D eigenvalue weighted by Gasteiger charge is 2.42. The monoisotopic (exact) mass is 421 g/mol. The summed E-state index contributed by atoms with van der Waals surface area (Å²) in [6.45, 7) is 3.10. The number of guanidine groups is 1. The van der Waals surface area contributed by atoms with Gasteiger partial charge < -0.3 is 15.4 Å². The Morgan fingerprint density at radius 2 is 2.00 bits per heavy atom. The zero-order valence-electron chi connectivity index (χ0n) is 15.2. The topological polar surface area (TPSA) is 79.8 Å². The van der Waals surface area contributed by atoms with Gasteiger partial charge in [-0.25, -0.2) is 8.42 Å². The smallest absolute Gasteiger partial charge is 0.191 e. The average molecular weight is 422 g/mol. The summed E-state index contributed by atoms with van der Waals surface area (Å²) in [5.74, 6) is 0.512. The molecule has 26 heavy (non-hydrogen) atoms. The second-order valence-electron chi connectivity index (χ2n) is 6.53. The van der Waals surface area contributed by atoms with E-state index in [4.69, 9.17) is 27.9 Å². The lowest BCUT2D eigenvalue weighted by Gasteiger charge is -2.36. The van der Waals surface area contributed by atoms with Crippen LogP contribution in [0.2, 0.25) is 10.0 Å². The first-order valence-electron chi connectivity index (χ1n) is 8.38. The van der Waals surface area contributed by atoms with Gasteiger partial charge in [0.2, 0.25) is 0 Å². The fourth-order valence-electron chi connectivity index (χ4n) is 3.00. The fourth-order valence-corrected chi connectivity index (χ4v) is 4.81. The predicted octanol–water partition coefficient (Wildman–Crippen LogP) is 2.81. The standard InChI is InChI=1S/C17H25Cl2N3O3S/c1-12(14-5-4-13(18)10-15(14)19)22-16(20-2)21-11-17(26(3,23)24)6-8-25-9-7-17/h4-5,10,12H,6-9,11H2,1-3H3,(H2,20,21,22). The molecule has 6 nitrogen and oxygen atoms in total. The quantitative estimate of drug-likeness (QED) is 0.564. The number of ether oxygens (including phenoxy) is 1. The molecule has 0 aliphatic carbocycles. The highest BCUT2D eigenvalue weighted by Crippen LogP contribution is 2.29. The van der Waals surface area contributed by atoms with Crippen molar-refractivity contribution in [2.45, 2.75) is 30.6 Å². The van der Waals surface area contributed by atoms with Gasteiger partial charge in [-0.3, -0.25) is 4.99 Å². The molecule has 1 aromatic carbocycles. The van der Waals surface area contributed by atoms with Crippen LogP contribution in [-0.4, -0.2) is 52.2 Å². The van der Waals surface area contributed by atoms with Gasteiger partial charge in [0.05, 0.1) is 10.8 Å². The Morgan fingerprint density at radius 1 is 1.35 bits per heavy atom. The van der Waals surface area contributed by atoms with E-state index in [1.54, 1.807) is 19.2 Å². The summed E-state index contributed by atoms with van der Waals surface area (Å²) in [7, 11) is -1.60. The van der Waals surface area contributed by atoms with Crippen molar-refractivity contribution in [3.8, 4) is 0 Å². The van der Waals surface area contributed by atoms with Gasteiger partial charge in [-0.05, 0) is 37.5 Å². The Bertz CT molecular complexity index is 763. The average Bonchev–Trinajstić information content (AvgIpc) is 2.58. The van der Waals surface area contributed by atoms with Gasteiger partial charge in [-0.2, -0.15) is 0 Å². The number of hydrogen-bond donors (Lipinski definition) is 2. The molecule has 0 saturated carbocycles. The third kappa shape index (κ3) is 5.03. The molecule has 9 heteroatoms. The van der Waals surface area contributed by atoms with E-state index >= 15 is 0 Å². The molecule has 146 valence electrons. The SMILES string of the molecule is CN=C(NCC1(S(C)(=O)=O)CCOCC1)NC(C)c1ccc(Cl)cc1Cl. The Kier molecular flexibility index (Phi) is 7.19. The molecular weight excluding hydrogens is 397 g/mol. The summed E-state index contributed by atoms with van der Waals surface area (Å²) in [5, 5.41) is 7.52. The van der Waals surface area contributed by atoms with E-state index in [1.807, 2.05) is 13.0 Å². The summed E-state index contributed by atoms with van der Waals surface area (Å²) in [5.41, 5.74) is 0.878. The number of rotatable bonds is 5. The van der Waals surface area contributed by atoms with Crippen molar-refractivity contribution in [2.24, 2.45) is 4.99 Å². The molecule has 0 spiro atoms. The van der Waals surface area contributed by atoms with Crippen molar-refractivity contribution in [2.75, 3.05) is 33.1 Å². The summed E-state index contributed by atoms with van der Waals surface area (Å²) in [4.78, 5) is 4.20. The first-order chi connectivity index (χ1) is 12.2. The van der Waals surface area contributed by atoms with Gasteiger partial charge in [-0.1, -0.05) is 29.3 Å². The van der Waals surface area contributed by atoms with Gasteiger partial charge in [0.25, 0.3) is 0 Å². The van der Waals surface area contributed by atoms with Crippen LogP contribution in [0, 0.1) is 0 Å². The molecule has 0 aromatic heterocycles. The van der Waals surface area contributed by atoms with Crippen LogP contribution in [-0.2, 0) is 14.6 Å². The maximum Gasteiger partial charge on any atom is 0.191 e. The maximum atomic E-state index is 12.3. The van der Waals surface area contributed by atoms with Crippen LogP contribution in [0.3, 0.4) is 0 Å². The van der Waals surface area contributed by atoms with Crippen molar-refractivity contribution in [3.63, 3.8) is 0 Å². The lowest BCUT2D eigenvalue weighted by Crippen LogP contribution is -2.53. The molecule has 0 bridgehead atoms. The third-order valence-electron chi connectivity index (χ3n) is 4.77. The molecule has 1 aliphatic heterocycles. The summed E-state index contributed by atoms with van der Waals surface area (Å²) in [6, 6.07) is 5.19. The van der Waals surface area contributed by atoms with E-state index in [9.17, 15) is 8.42 Å². The van der Waals surface area contributed by atoms with Gasteiger partial charge in [0.15, 0.2) is 15.8 Å². The van der Waals surface area contributed by atoms with Crippen LogP contribution in [0.1, 0.15) is 31.4 Å². The molecular formula is C17H25Cl2N3O3S. The van der Waals surface area contributed by atoms with E-state index in [1.165, 1.54) is 6.26 Å². The van der Waals surface area contributed by atoms with Crippen LogP contribution in [0.15, 0.2) is 23.2 Å². The number of nitrogens with one attached hydrogen (secondary N) is 2. The molecule has 1 unspecified atom stereocenters. The molecule has 1 heterocycles. The molecule has 2 rings (SSSR count). The maximum absolute atomic E-state index is 12.3. The van der Waals surface area contributed by atoms with E-state index in [0.717, 1.165) is 5.56 Å². The zero-order valence-corrected chi connectivity index (χ0v) is 17.5. The summed E-state index contributed by atoms with van der Waals surface area (Å²) < 4.78 is 29.2. The van der Waals surface area contributed by atoms with E-state index in [-0.39, 0.29) is 12.6 Å². The van der Waals surface area contributed by atoms with Crippen molar-refractivity contribution < 1.29 is 13.2 Å². The van der Waals surface area contributed by atoms with Crippen LogP contribution in [0.5, 0.6) is 0 Å². The second-order valence-corrected chi connectivity index (χ2v) is 9.78. The Labute approximate surface area is 165 Å². The largest absolute Gasteiger partial charge is 0.381 e. The minimum absolute atomic E-state index is 0.130. The third-order valence-corrected chi connectivity index (χ3v) is 7.46. The van der Waals surface area contributed by atoms with Crippen molar-refractivity contribution in [3.05, 3.63) is 33.8 Å². The van der Waals surface area contributed by atoms with E-state index in [0.29, 0.717) is 42.1 Å². The number of aliphatic imine (C=N–C) groups is 1. The van der Waals surface area contributed by atoms with Gasteiger partial charge >= 0.3 is 0 Å². The van der Waals surface area contributed by atoms with Crippen LogP contribution in [0.25, 0.3) is 0 Å². The molecule has 1 saturated heterocycles. The summed E-state index contributed by atoms with van der Waals surface area (Å²) >= 11 is 12.2. The second kappa shape index (κ2) is 8.78. The molecule has 0 radical (unpaired) electrons. The summed E-state index contributed by atoms with van der Waals surface area (Å²) in [6.07, 6.45) is 2.22. The normalized spacial score (nSPS) is 19.0. The first-order valence-corrected chi connectivity index (χ1v) is 11.0. The number of nitrogens with zero attached hydrogens (tertiary/aromatic N) is 1. The fraction of sp³-hybridized carbons (Fsp3) is 0.588. The van der Waals surface area contributed by atoms with Crippen molar-refractivity contribution in [1.82, 2.24) is 10.6 Å². The van der Waals surface area contributed by atoms with Crippen molar-refractivity contribution in [1.29, 1.82) is 0 Å². The number of benzene rings is 1. The minimum Gasteiger partial charge on any atom is -0.381 e. The van der Waals surface area contributed by atoms with Crippen LogP contribution >= 0.6 is 23.2 Å². The van der Waals surface area contributed by atoms with Crippen LogP contribution < -0.4 is 10.6 Å². The lowest BCUT2D eigenvalue weighted by molar-refractivity contribution is 0.0756. The lowest BCUT2D eigenvalue weighted by atomic mass is 9.99. The molecule has 2 N–H and O–H groups in total.